The van der Waals surface area contributed by atoms with Crippen molar-refractivity contribution in [3.05, 3.63) is 214 Å². The van der Waals surface area contributed by atoms with E-state index in [4.69, 9.17) is 11.6 Å². The van der Waals surface area contributed by atoms with Crippen LogP contribution in [0.4, 0.5) is 34.1 Å². The molecule has 0 unspecified atom stereocenters. The average molecular weight is 1020 g/mol. The third-order valence-corrected chi connectivity index (χ3v) is 16.8. The molecule has 0 aliphatic rings. The van der Waals surface area contributed by atoms with Gasteiger partial charge in [0.25, 0.3) is 0 Å². The Kier molecular flexibility index (Phi) is 12.4. The van der Waals surface area contributed by atoms with E-state index in [0.29, 0.717) is 5.02 Å². The Morgan fingerprint density at radius 1 is 0.373 bits per heavy atom. The lowest BCUT2D eigenvalue weighted by atomic mass is 9.83. The van der Waals surface area contributed by atoms with Crippen molar-refractivity contribution in [2.75, 3.05) is 9.80 Å². The lowest BCUT2D eigenvalue weighted by Crippen LogP contribution is -2.18. The highest BCUT2D eigenvalue weighted by molar-refractivity contribution is 7.17. The zero-order chi connectivity index (χ0) is 52.9. The molecule has 0 aliphatic carbocycles. The predicted molar refractivity (Wildman–Crippen MR) is 330 cm³/mol. The largest absolute Gasteiger partial charge is 0.308 e. The van der Waals surface area contributed by atoms with Gasteiger partial charge in [-0.15, -0.1) is 11.3 Å². The molecule has 10 aromatic carbocycles. The molecule has 0 N–H and O–H groups in total. The Labute approximate surface area is 454 Å². The second-order valence-electron chi connectivity index (χ2n) is 25.0. The maximum absolute atomic E-state index is 8.42. The van der Waals surface area contributed by atoms with Crippen LogP contribution in [0.5, 0.6) is 0 Å². The van der Waals surface area contributed by atoms with Crippen LogP contribution in [0.2, 0.25) is 5.02 Å². The van der Waals surface area contributed by atoms with Crippen molar-refractivity contribution in [1.82, 2.24) is 0 Å². The summed E-state index contributed by atoms with van der Waals surface area (Å²) < 4.78 is 1.23. The Balaban J connectivity index is 1.23. The van der Waals surface area contributed by atoms with Gasteiger partial charge in [-0.3, -0.25) is 0 Å². The molecule has 11 aromatic rings. The van der Waals surface area contributed by atoms with Gasteiger partial charge in [-0.05, 0) is 161 Å². The first-order chi connectivity index (χ1) is 35.5. The first kappa shape index (κ1) is 50.3. The molecule has 0 bridgehead atoms. The molecule has 0 radical (unpaired) electrons. The zero-order valence-corrected chi connectivity index (χ0v) is 47.6. The van der Waals surface area contributed by atoms with Gasteiger partial charge in [0, 0.05) is 32.3 Å². The Morgan fingerprint density at radius 2 is 0.880 bits per heavy atom. The minimum Gasteiger partial charge on any atom is -0.308 e. The quantitative estimate of drug-likeness (QED) is 0.140. The minimum atomic E-state index is -0.111. The highest BCUT2D eigenvalue weighted by Gasteiger charge is 2.31. The molecule has 376 valence electrons. The summed E-state index contributed by atoms with van der Waals surface area (Å²) in [5.74, 6) is 0. The van der Waals surface area contributed by atoms with Gasteiger partial charge in [-0.2, -0.15) is 0 Å². The summed E-state index contributed by atoms with van der Waals surface area (Å²) in [6.45, 7) is 29.8. The van der Waals surface area contributed by atoms with Crippen LogP contribution in [-0.4, -0.2) is 0 Å². The fourth-order valence-corrected chi connectivity index (χ4v) is 12.2. The Morgan fingerprint density at radius 3 is 1.49 bits per heavy atom. The Hall–Kier alpha value is -6.91. The molecule has 0 aliphatic heterocycles. The van der Waals surface area contributed by atoms with E-state index in [1.807, 2.05) is 0 Å². The summed E-state index contributed by atoms with van der Waals surface area (Å²) >= 11 is 10.2. The monoisotopic (exact) mass is 1020 g/mol. The summed E-state index contributed by atoms with van der Waals surface area (Å²) in [5.41, 5.74) is 16.7. The normalized spacial score (nSPS) is 12.7. The summed E-state index contributed by atoms with van der Waals surface area (Å²) in [7, 11) is 0. The number of benzene rings is 10. The lowest BCUT2D eigenvalue weighted by Gasteiger charge is -2.34. The fraction of sp³-hybridized carbons (Fsp3) is 0.239. The zero-order valence-electron chi connectivity index (χ0n) is 46.0. The van der Waals surface area contributed by atoms with Gasteiger partial charge < -0.3 is 9.80 Å². The number of hydrogen-bond donors (Lipinski definition) is 0. The van der Waals surface area contributed by atoms with E-state index < -0.39 is 0 Å². The predicted octanol–water partition coefficient (Wildman–Crippen LogP) is 22.2. The molecule has 0 fully saturated rings. The third-order valence-electron chi connectivity index (χ3n) is 15.4. The number of halogens is 1. The number of anilines is 6. The second kappa shape index (κ2) is 18.4. The van der Waals surface area contributed by atoms with Crippen molar-refractivity contribution in [3.63, 3.8) is 0 Å². The molecule has 0 atom stereocenters. The molecular weight excluding hydrogens is 948 g/mol. The van der Waals surface area contributed by atoms with E-state index in [-0.39, 0.29) is 21.7 Å². The number of fused-ring (bicyclic) bond motifs is 1. The first-order valence-corrected chi connectivity index (χ1v) is 27.8. The first-order valence-electron chi connectivity index (χ1n) is 26.6. The highest BCUT2D eigenvalue weighted by atomic mass is 35.5. The van der Waals surface area contributed by atoms with Gasteiger partial charge in [0.05, 0.1) is 33.5 Å². The topological polar surface area (TPSA) is 6.48 Å². The van der Waals surface area contributed by atoms with Gasteiger partial charge in [0.15, 0.2) is 0 Å². The van der Waals surface area contributed by atoms with Crippen molar-refractivity contribution < 1.29 is 0 Å². The van der Waals surface area contributed by atoms with Crippen molar-refractivity contribution in [3.8, 4) is 22.3 Å². The van der Waals surface area contributed by atoms with Gasteiger partial charge in [0.1, 0.15) is 0 Å². The SMILES string of the molecule is Cc1cc(N(c2ccc(C(C)(C)C)cc2)c2ccc(C(C)(C)C)cc2-c2ccc3ccc4cccc5ccc2c3c45)c(Cl)c(N(c2ccc(C(C)(C)C)cc2-c2ccccc2)c2csc3ccc(C(C)(C)C)cc23)c1. The van der Waals surface area contributed by atoms with Crippen LogP contribution in [0, 0.1) is 6.92 Å². The average Bonchev–Trinajstić information content (AvgIpc) is 3.79. The molecule has 0 saturated carbocycles. The van der Waals surface area contributed by atoms with Crippen molar-refractivity contribution in [1.29, 1.82) is 0 Å². The van der Waals surface area contributed by atoms with Crippen LogP contribution in [0.25, 0.3) is 64.7 Å². The molecule has 4 heteroatoms. The van der Waals surface area contributed by atoms with E-state index >= 15 is 0 Å². The van der Waals surface area contributed by atoms with Crippen LogP contribution in [-0.2, 0) is 21.7 Å². The van der Waals surface area contributed by atoms with Gasteiger partial charge in [-0.25, -0.2) is 0 Å². The minimum absolute atomic E-state index is 0.0333. The standard InChI is InChI=1S/C71H69ClN2S/c1-44-38-61(67(72)62(39-44)74(63-43-75-64-37-30-52(42-58(63)64)71(11,12)13)59-35-28-50(69(5,6)7)40-56(59)45-18-15-14-16-19-45)73(53-31-26-49(27-32-53)68(2,3)4)60-36-29-51(70(8,9)10)41-57(60)54-33-24-48-23-22-46-20-17-21-47-25-34-55(54)66(48)65(46)47/h14-43H,1-13H3. The molecule has 0 amide bonds. The molecule has 1 heterocycles. The van der Waals surface area contributed by atoms with Gasteiger partial charge >= 0.3 is 0 Å². The summed E-state index contributed by atoms with van der Waals surface area (Å²) in [5, 5.41) is 11.8. The summed E-state index contributed by atoms with van der Waals surface area (Å²) in [4.78, 5) is 4.90. The van der Waals surface area contributed by atoms with Gasteiger partial charge in [0.2, 0.25) is 0 Å². The van der Waals surface area contributed by atoms with Crippen LogP contribution in [0.3, 0.4) is 0 Å². The summed E-state index contributed by atoms with van der Waals surface area (Å²) in [6.07, 6.45) is 0. The van der Waals surface area contributed by atoms with E-state index in [2.05, 4.69) is 281 Å². The van der Waals surface area contributed by atoms with E-state index in [1.54, 1.807) is 11.3 Å². The van der Waals surface area contributed by atoms with Crippen LogP contribution < -0.4 is 9.80 Å². The number of aryl methyl sites for hydroxylation is 1. The smallest absolute Gasteiger partial charge is 0.0887 e. The molecule has 11 rings (SSSR count). The second-order valence-corrected chi connectivity index (χ2v) is 26.3. The number of rotatable bonds is 8. The van der Waals surface area contributed by atoms with Crippen LogP contribution >= 0.6 is 22.9 Å². The van der Waals surface area contributed by atoms with E-state index in [1.165, 1.54) is 70.2 Å². The molecule has 0 spiro atoms. The highest BCUT2D eigenvalue weighted by Crippen LogP contribution is 2.54. The summed E-state index contributed by atoms with van der Waals surface area (Å²) in [6, 6.07) is 66.3. The van der Waals surface area contributed by atoms with E-state index in [9.17, 15) is 0 Å². The van der Waals surface area contributed by atoms with E-state index in [0.717, 1.165) is 56.4 Å². The maximum Gasteiger partial charge on any atom is 0.0887 e. The van der Waals surface area contributed by atoms with Crippen molar-refractivity contribution in [2.45, 2.75) is 112 Å². The van der Waals surface area contributed by atoms with Crippen molar-refractivity contribution in [2.24, 2.45) is 0 Å². The number of nitrogens with zero attached hydrogens (tertiary/aromatic N) is 2. The molecule has 75 heavy (non-hydrogen) atoms. The third kappa shape index (κ3) is 9.17. The molecule has 1 aromatic heterocycles. The molecule has 2 nitrogen and oxygen atoms in total. The van der Waals surface area contributed by atoms with Crippen LogP contribution in [0.1, 0.15) is 111 Å². The fourth-order valence-electron chi connectivity index (χ4n) is 11.0. The lowest BCUT2D eigenvalue weighted by molar-refractivity contribution is 0.590. The molecular formula is C71H69ClN2S. The maximum atomic E-state index is 8.42. The Bertz CT molecular complexity index is 3930. The number of hydrogen-bond acceptors (Lipinski definition) is 3. The van der Waals surface area contributed by atoms with Gasteiger partial charge in [-0.1, -0.05) is 210 Å². The van der Waals surface area contributed by atoms with Crippen LogP contribution in [0.15, 0.2) is 181 Å². The number of thiophene rings is 1. The molecule has 0 saturated heterocycles. The van der Waals surface area contributed by atoms with Crippen molar-refractivity contribution >= 4 is 99.5 Å².